The third-order valence-electron chi connectivity index (χ3n) is 3.80. The van der Waals surface area contributed by atoms with E-state index in [4.69, 9.17) is 4.74 Å². The monoisotopic (exact) mass is 356 g/mol. The first kappa shape index (κ1) is 17.2. The van der Waals surface area contributed by atoms with Gasteiger partial charge in [-0.05, 0) is 42.7 Å². The minimum absolute atomic E-state index is 0.401. The molecule has 0 aliphatic carbocycles. The molecule has 1 heterocycles. The van der Waals surface area contributed by atoms with Gasteiger partial charge in [-0.2, -0.15) is 0 Å². The lowest BCUT2D eigenvalue weighted by Gasteiger charge is -2.08. The molecule has 130 valence electrons. The van der Waals surface area contributed by atoms with Crippen LogP contribution < -0.4 is 4.74 Å². The van der Waals surface area contributed by atoms with Gasteiger partial charge in [-0.1, -0.05) is 30.3 Å². The van der Waals surface area contributed by atoms with E-state index in [0.29, 0.717) is 12.4 Å². The molecule has 0 N–H and O–H groups in total. The molecule has 0 saturated carbocycles. The van der Waals surface area contributed by atoms with Gasteiger partial charge in [0.05, 0.1) is 12.9 Å². The quantitative estimate of drug-likeness (QED) is 0.609. The Kier molecular flexibility index (Phi) is 5.19. The Labute approximate surface area is 148 Å². The summed E-state index contributed by atoms with van der Waals surface area (Å²) in [5, 5.41) is 0. The van der Waals surface area contributed by atoms with Crippen molar-refractivity contribution in [3.05, 3.63) is 72.6 Å². The molecule has 25 heavy (non-hydrogen) atoms. The molecular formula is C19H20N2O3S. The molecule has 3 aromatic rings. The fourth-order valence-electron chi connectivity index (χ4n) is 2.57. The Balaban J connectivity index is 1.59. The normalized spacial score (nSPS) is 11.4. The first-order valence-corrected chi connectivity index (χ1v) is 9.90. The van der Waals surface area contributed by atoms with E-state index in [1.165, 1.54) is 21.9 Å². The van der Waals surface area contributed by atoms with Gasteiger partial charge in [-0.15, -0.1) is 0 Å². The Morgan fingerprint density at radius 2 is 1.76 bits per heavy atom. The minimum Gasteiger partial charge on any atom is -0.494 e. The molecule has 3 rings (SSSR count). The molecule has 0 aliphatic heterocycles. The van der Waals surface area contributed by atoms with Crippen molar-refractivity contribution in [2.24, 2.45) is 0 Å². The van der Waals surface area contributed by atoms with Crippen LogP contribution in [0.3, 0.4) is 0 Å². The number of aryl methyl sites for hydroxylation is 1. The topological polar surface area (TPSA) is 61.2 Å². The van der Waals surface area contributed by atoms with Gasteiger partial charge in [-0.3, -0.25) is 0 Å². The summed E-state index contributed by atoms with van der Waals surface area (Å²) in [6.45, 7) is 0.631. The first-order chi connectivity index (χ1) is 12.0. The van der Waals surface area contributed by atoms with Gasteiger partial charge in [0, 0.05) is 18.0 Å². The van der Waals surface area contributed by atoms with Gasteiger partial charge < -0.3 is 4.74 Å². The Bertz CT molecular complexity index is 917. The highest BCUT2D eigenvalue weighted by Gasteiger charge is 2.13. The van der Waals surface area contributed by atoms with Crippen molar-refractivity contribution in [3.8, 4) is 17.1 Å². The Morgan fingerprint density at radius 1 is 1.04 bits per heavy atom. The molecule has 0 radical (unpaired) electrons. The lowest BCUT2D eigenvalue weighted by Crippen LogP contribution is -2.10. The van der Waals surface area contributed by atoms with Gasteiger partial charge in [0.2, 0.25) is 10.0 Å². The van der Waals surface area contributed by atoms with Crippen LogP contribution in [-0.2, 0) is 16.4 Å². The molecule has 0 fully saturated rings. The fourth-order valence-corrected chi connectivity index (χ4v) is 3.31. The summed E-state index contributed by atoms with van der Waals surface area (Å²) in [4.78, 5) is 4.13. The van der Waals surface area contributed by atoms with Crippen LogP contribution >= 0.6 is 0 Å². The van der Waals surface area contributed by atoms with Crippen molar-refractivity contribution in [1.29, 1.82) is 0 Å². The molecule has 5 nitrogen and oxygen atoms in total. The predicted molar refractivity (Wildman–Crippen MR) is 98.2 cm³/mol. The number of hydrogen-bond acceptors (Lipinski definition) is 4. The van der Waals surface area contributed by atoms with E-state index >= 15 is 0 Å². The van der Waals surface area contributed by atoms with Crippen molar-refractivity contribution in [2.75, 3.05) is 12.9 Å². The summed E-state index contributed by atoms with van der Waals surface area (Å²) in [7, 11) is -3.37. The molecule has 0 saturated heterocycles. The average molecular weight is 356 g/mol. The molecule has 0 unspecified atom stereocenters. The van der Waals surface area contributed by atoms with E-state index in [1.54, 1.807) is 0 Å². The van der Waals surface area contributed by atoms with Crippen LogP contribution in [-0.4, -0.2) is 30.2 Å². The molecule has 0 bridgehead atoms. The summed E-state index contributed by atoms with van der Waals surface area (Å²) < 4.78 is 30.4. The number of aromatic nitrogens is 2. The molecule has 2 aromatic carbocycles. The average Bonchev–Trinajstić information content (AvgIpc) is 3.10. The van der Waals surface area contributed by atoms with Crippen LogP contribution in [0.2, 0.25) is 0 Å². The van der Waals surface area contributed by atoms with E-state index in [-0.39, 0.29) is 0 Å². The van der Waals surface area contributed by atoms with E-state index in [1.807, 2.05) is 42.5 Å². The van der Waals surface area contributed by atoms with E-state index < -0.39 is 10.0 Å². The lowest BCUT2D eigenvalue weighted by atomic mass is 10.1. The zero-order chi connectivity index (χ0) is 17.7. The second-order valence-electron chi connectivity index (χ2n) is 5.77. The number of imidazole rings is 1. The molecule has 0 spiro atoms. The van der Waals surface area contributed by atoms with Crippen molar-refractivity contribution < 1.29 is 13.2 Å². The summed E-state index contributed by atoms with van der Waals surface area (Å²) in [6.07, 6.45) is 5.99. The molecule has 1 aromatic heterocycles. The Morgan fingerprint density at radius 3 is 2.44 bits per heavy atom. The maximum atomic E-state index is 11.7. The zero-order valence-corrected chi connectivity index (χ0v) is 14.8. The van der Waals surface area contributed by atoms with Crippen molar-refractivity contribution >= 4 is 10.0 Å². The van der Waals surface area contributed by atoms with E-state index in [0.717, 1.165) is 30.4 Å². The number of ether oxygens (including phenoxy) is 1. The first-order valence-electron chi connectivity index (χ1n) is 8.05. The van der Waals surface area contributed by atoms with Gasteiger partial charge in [0.1, 0.15) is 5.75 Å². The van der Waals surface area contributed by atoms with Gasteiger partial charge in [-0.25, -0.2) is 17.4 Å². The lowest BCUT2D eigenvalue weighted by molar-refractivity contribution is 0.311. The zero-order valence-electron chi connectivity index (χ0n) is 14.0. The van der Waals surface area contributed by atoms with Gasteiger partial charge >= 0.3 is 0 Å². The fraction of sp³-hybridized carbons (Fsp3) is 0.211. The number of rotatable bonds is 7. The Hall–Kier alpha value is -2.60. The molecule has 6 heteroatoms. The molecule has 0 aliphatic rings. The third kappa shape index (κ3) is 4.48. The van der Waals surface area contributed by atoms with E-state index in [9.17, 15) is 8.42 Å². The molecule has 0 atom stereocenters. The largest absolute Gasteiger partial charge is 0.494 e. The second-order valence-corrected chi connectivity index (χ2v) is 7.63. The molecular weight excluding hydrogens is 336 g/mol. The summed E-state index contributed by atoms with van der Waals surface area (Å²) in [5.74, 6) is 1.16. The SMILES string of the molecule is CS(=O)(=O)n1ccnc1-c1ccc(OCCCc2ccccc2)cc1. The van der Waals surface area contributed by atoms with Crippen LogP contribution in [0.25, 0.3) is 11.4 Å². The van der Waals surface area contributed by atoms with Crippen LogP contribution in [0.5, 0.6) is 5.75 Å². The minimum atomic E-state index is -3.37. The van der Waals surface area contributed by atoms with Crippen molar-refractivity contribution in [3.63, 3.8) is 0 Å². The number of nitrogens with zero attached hydrogens (tertiary/aromatic N) is 2. The maximum Gasteiger partial charge on any atom is 0.237 e. The molecule has 0 amide bonds. The van der Waals surface area contributed by atoms with Crippen molar-refractivity contribution in [1.82, 2.24) is 8.96 Å². The van der Waals surface area contributed by atoms with Gasteiger partial charge in [0.25, 0.3) is 0 Å². The highest BCUT2D eigenvalue weighted by molar-refractivity contribution is 7.89. The standard InChI is InChI=1S/C19H20N2O3S/c1-25(22,23)21-14-13-20-19(21)17-9-11-18(12-10-17)24-15-5-8-16-6-3-2-4-7-16/h2-4,6-7,9-14H,5,8,15H2,1H3. The summed E-state index contributed by atoms with van der Waals surface area (Å²) >= 11 is 0. The summed E-state index contributed by atoms with van der Waals surface area (Å²) in [6, 6.07) is 17.6. The highest BCUT2D eigenvalue weighted by atomic mass is 32.2. The predicted octanol–water partition coefficient (Wildman–Crippen LogP) is 3.37. The van der Waals surface area contributed by atoms with E-state index in [2.05, 4.69) is 17.1 Å². The summed E-state index contributed by atoms with van der Waals surface area (Å²) in [5.41, 5.74) is 2.03. The number of benzene rings is 2. The van der Waals surface area contributed by atoms with Crippen LogP contribution in [0.4, 0.5) is 0 Å². The van der Waals surface area contributed by atoms with Crippen LogP contribution in [0, 0.1) is 0 Å². The second kappa shape index (κ2) is 7.53. The smallest absolute Gasteiger partial charge is 0.237 e. The van der Waals surface area contributed by atoms with Crippen LogP contribution in [0.15, 0.2) is 67.0 Å². The number of hydrogen-bond donors (Lipinski definition) is 0. The van der Waals surface area contributed by atoms with Crippen LogP contribution in [0.1, 0.15) is 12.0 Å². The third-order valence-corrected chi connectivity index (χ3v) is 4.81. The van der Waals surface area contributed by atoms with Crippen molar-refractivity contribution in [2.45, 2.75) is 12.8 Å². The van der Waals surface area contributed by atoms with Gasteiger partial charge in [0.15, 0.2) is 5.82 Å². The maximum absolute atomic E-state index is 11.7. The highest BCUT2D eigenvalue weighted by Crippen LogP contribution is 2.22.